The maximum absolute atomic E-state index is 13.3. The van der Waals surface area contributed by atoms with Crippen LogP contribution >= 0.6 is 0 Å². The Balaban J connectivity index is 0.895. The van der Waals surface area contributed by atoms with E-state index in [0.717, 1.165) is 44.9 Å². The molecule has 0 radical (unpaired) electrons. The molecule has 10 rings (SSSR count). The number of allylic oxidation sites excluding steroid dienone is 2. The van der Waals surface area contributed by atoms with Gasteiger partial charge in [-0.15, -0.1) is 0 Å². The molecule has 0 bridgehead atoms. The van der Waals surface area contributed by atoms with Gasteiger partial charge in [0.2, 0.25) is 0 Å². The molecule has 0 aromatic rings. The smallest absolute Gasteiger partial charge is 0.310 e. The molecule has 4 saturated carbocycles. The Bertz CT molecular complexity index is 2360. The number of aliphatic hydroxyl groups is 14. The Morgan fingerprint density at radius 1 is 0.529 bits per heavy atom. The molecule has 0 aromatic carbocycles. The first-order valence-electron chi connectivity index (χ1n) is 30.6. The minimum atomic E-state index is -2.11. The number of carboxylic acid groups (broad SMARTS) is 1. The van der Waals surface area contributed by atoms with Crippen LogP contribution in [0.3, 0.4) is 0 Å². The summed E-state index contributed by atoms with van der Waals surface area (Å²) >= 11 is 0. The molecule has 85 heavy (non-hydrogen) atoms. The summed E-state index contributed by atoms with van der Waals surface area (Å²) in [6, 6.07) is 0. The lowest BCUT2D eigenvalue weighted by Crippen LogP contribution is -2.68. The zero-order valence-corrected chi connectivity index (χ0v) is 49.8. The van der Waals surface area contributed by atoms with E-state index < -0.39 is 197 Å². The van der Waals surface area contributed by atoms with E-state index in [1.54, 1.807) is 0 Å². The lowest BCUT2D eigenvalue weighted by molar-refractivity contribution is -0.404. The number of aliphatic hydroxyl groups excluding tert-OH is 14. The van der Waals surface area contributed by atoms with Crippen molar-refractivity contribution in [2.45, 2.75) is 273 Å². The molecular formula is C59H96O26. The van der Waals surface area contributed by atoms with Gasteiger partial charge in [-0.2, -0.15) is 0 Å². The van der Waals surface area contributed by atoms with Crippen LogP contribution in [0.5, 0.6) is 0 Å². The highest BCUT2D eigenvalue weighted by Gasteiger charge is 2.70. The molecule has 9 fully saturated rings. The number of fused-ring (bicyclic) bond motifs is 7. The molecule has 488 valence electrons. The average molecular weight is 1220 g/mol. The number of ether oxygens (including phenoxy) is 10. The highest BCUT2D eigenvalue weighted by Crippen LogP contribution is 2.76. The summed E-state index contributed by atoms with van der Waals surface area (Å²) in [6.07, 6.45) is -32.4. The third-order valence-corrected chi connectivity index (χ3v) is 23.2. The van der Waals surface area contributed by atoms with Gasteiger partial charge in [-0.05, 0) is 116 Å². The summed E-state index contributed by atoms with van der Waals surface area (Å²) in [5.74, 6) is -0.392. The van der Waals surface area contributed by atoms with Crippen molar-refractivity contribution in [3.05, 3.63) is 11.6 Å². The second kappa shape index (κ2) is 24.4. The van der Waals surface area contributed by atoms with Crippen molar-refractivity contribution in [2.75, 3.05) is 26.4 Å². The van der Waals surface area contributed by atoms with Gasteiger partial charge in [-0.25, -0.2) is 0 Å². The predicted molar refractivity (Wildman–Crippen MR) is 288 cm³/mol. The van der Waals surface area contributed by atoms with Crippen molar-refractivity contribution in [3.63, 3.8) is 0 Å². The molecule has 10 aliphatic rings. The van der Waals surface area contributed by atoms with Gasteiger partial charge in [0.05, 0.1) is 44.1 Å². The third kappa shape index (κ3) is 11.1. The number of aliphatic carboxylic acids is 1. The van der Waals surface area contributed by atoms with E-state index in [0.29, 0.717) is 19.3 Å². The summed E-state index contributed by atoms with van der Waals surface area (Å²) in [5.41, 5.74) is -0.570. The Morgan fingerprint density at radius 2 is 1.09 bits per heavy atom. The summed E-state index contributed by atoms with van der Waals surface area (Å²) in [6.45, 7) is 14.5. The van der Waals surface area contributed by atoms with E-state index in [1.807, 2.05) is 0 Å². The van der Waals surface area contributed by atoms with Crippen LogP contribution in [0.4, 0.5) is 0 Å². The van der Waals surface area contributed by atoms with Crippen LogP contribution in [0.2, 0.25) is 0 Å². The van der Waals surface area contributed by atoms with Crippen LogP contribution in [-0.4, -0.2) is 263 Å². The fourth-order valence-corrected chi connectivity index (χ4v) is 17.8. The zero-order chi connectivity index (χ0) is 62.0. The van der Waals surface area contributed by atoms with Gasteiger partial charge in [0.15, 0.2) is 31.5 Å². The molecule has 0 amide bonds. The molecule has 32 atom stereocenters. The molecule has 15 N–H and O–H groups in total. The number of carboxylic acids is 1. The number of rotatable bonds is 14. The van der Waals surface area contributed by atoms with Gasteiger partial charge in [0.25, 0.3) is 0 Å². The molecule has 0 unspecified atom stereocenters. The molecule has 5 saturated heterocycles. The largest absolute Gasteiger partial charge is 0.481 e. The Hall–Kier alpha value is -1.75. The topological polar surface area (TPSA) is 413 Å². The van der Waals surface area contributed by atoms with Crippen LogP contribution in [0.15, 0.2) is 11.6 Å². The van der Waals surface area contributed by atoms with Gasteiger partial charge in [-0.1, -0.05) is 60.1 Å². The van der Waals surface area contributed by atoms with E-state index in [9.17, 15) is 81.4 Å². The molecule has 5 aliphatic heterocycles. The second-order valence-corrected chi connectivity index (χ2v) is 28.6. The first-order chi connectivity index (χ1) is 39.8. The maximum Gasteiger partial charge on any atom is 0.310 e. The van der Waals surface area contributed by atoms with Crippen molar-refractivity contribution in [1.82, 2.24) is 0 Å². The highest BCUT2D eigenvalue weighted by atomic mass is 16.8. The second-order valence-electron chi connectivity index (χ2n) is 28.6. The van der Waals surface area contributed by atoms with E-state index in [-0.39, 0.29) is 39.4 Å². The monoisotopic (exact) mass is 1220 g/mol. The summed E-state index contributed by atoms with van der Waals surface area (Å²) in [4.78, 5) is 13.3. The number of hydrogen-bond donors (Lipinski definition) is 15. The van der Waals surface area contributed by atoms with Crippen LogP contribution in [0.1, 0.15) is 120 Å². The molecule has 26 heteroatoms. The number of hydrogen-bond acceptors (Lipinski definition) is 25. The fraction of sp³-hybridized carbons (Fsp3) is 0.949. The van der Waals surface area contributed by atoms with E-state index >= 15 is 0 Å². The highest BCUT2D eigenvalue weighted by molar-refractivity contribution is 5.76. The van der Waals surface area contributed by atoms with Crippen LogP contribution in [-0.2, 0) is 52.2 Å². The first kappa shape index (κ1) is 66.2. The minimum absolute atomic E-state index is 0.0184. The Kier molecular flexibility index (Phi) is 19.0. The quantitative estimate of drug-likeness (QED) is 0.0662. The summed E-state index contributed by atoms with van der Waals surface area (Å²) in [5, 5.41) is 164. The summed E-state index contributed by atoms with van der Waals surface area (Å²) in [7, 11) is 0. The van der Waals surface area contributed by atoms with Gasteiger partial charge in [0.1, 0.15) is 110 Å². The normalized spacial score (nSPS) is 54.2. The van der Waals surface area contributed by atoms with Gasteiger partial charge in [-0.3, -0.25) is 4.79 Å². The third-order valence-electron chi connectivity index (χ3n) is 23.2. The van der Waals surface area contributed by atoms with Crippen molar-refractivity contribution in [2.24, 2.45) is 50.2 Å². The van der Waals surface area contributed by atoms with E-state index in [1.165, 1.54) is 12.5 Å². The number of carbonyl (C=O) groups is 1. The van der Waals surface area contributed by atoms with E-state index in [4.69, 9.17) is 47.4 Å². The Labute approximate surface area is 494 Å². The molecule has 5 aliphatic carbocycles. The summed E-state index contributed by atoms with van der Waals surface area (Å²) < 4.78 is 60.8. The van der Waals surface area contributed by atoms with Crippen molar-refractivity contribution in [1.29, 1.82) is 0 Å². The lowest BCUT2D eigenvalue weighted by atomic mass is 9.33. The predicted octanol–water partition coefficient (Wildman–Crippen LogP) is -1.98. The average Bonchev–Trinajstić information content (AvgIpc) is 0.690. The van der Waals surface area contributed by atoms with Crippen molar-refractivity contribution in [3.8, 4) is 0 Å². The SMILES string of the molecule is C[C@@H]1O[C@@H](O[C@H]2CC[C@]3(C)[C@H]4CC=C5[C@@H]6CC(C)(C)CC[C@]6(C(=O)O)CC[C@@]5(C)[C@]4(C)CC[C@H]3C2(C)C)[C@H](O[C@@H]2O[C@H](CO)[C@@H](O)[C@H](O)[C@H]2O)[C@H](O[C@@H]2O[C@H](CO)[C@@H](O[C@@H]3O[C@H](CO)[C@H](O)[C@H](O[C@@H]4OC[C@@H](O)[C@H](O)[C@H]4O)[C@H]3O)[C@H](O)[C@H]2O)[C@H]1O. The van der Waals surface area contributed by atoms with Crippen molar-refractivity contribution < 1.29 is 129 Å². The van der Waals surface area contributed by atoms with Gasteiger partial charge < -0.3 is 124 Å². The van der Waals surface area contributed by atoms with Crippen LogP contribution < -0.4 is 0 Å². The van der Waals surface area contributed by atoms with Gasteiger partial charge >= 0.3 is 5.97 Å². The van der Waals surface area contributed by atoms with Gasteiger partial charge in [0, 0.05) is 0 Å². The van der Waals surface area contributed by atoms with Crippen LogP contribution in [0, 0.1) is 50.2 Å². The minimum Gasteiger partial charge on any atom is -0.481 e. The Morgan fingerprint density at radius 3 is 1.74 bits per heavy atom. The molecule has 26 nitrogen and oxygen atoms in total. The molecule has 0 spiro atoms. The zero-order valence-electron chi connectivity index (χ0n) is 49.8. The van der Waals surface area contributed by atoms with Crippen molar-refractivity contribution >= 4 is 5.97 Å². The fourth-order valence-electron chi connectivity index (χ4n) is 17.8. The first-order valence-corrected chi connectivity index (χ1v) is 30.6. The lowest BCUT2D eigenvalue weighted by Gasteiger charge is -2.71. The molecule has 5 heterocycles. The molecular weight excluding hydrogens is 1120 g/mol. The van der Waals surface area contributed by atoms with E-state index in [2.05, 4.69) is 54.5 Å². The standard InChI is InChI=1S/C59H96O26/c1-24-34(64)46(84-50-42(72)39(69)44(30(22-62)80-50)82-51-43(73)45(37(67)29(21-61)79-51)83-48-40(70)35(65)27(63)23-76-48)47(85-49-41(71)38(68)36(66)28(20-60)78-49)52(77-24)81-33-12-13-56(6)31(55(33,4)5)11-14-58(8)32(56)10-9-25-26-19-54(2,3)15-17-59(26,53(74)75)18-16-57(25,58)7/h9,24,26-52,60-73H,10-23H2,1-8H3,(H,74,75)/t24-,26-,27+,28+,29+,30+,31-,32+,33-,34-,35-,36+,37-,38-,39+,40+,41+,42+,43+,44+,45-,46+,47+,48-,49-,50-,51-,52-,56-,57+,58+,59-/m0/s1. The van der Waals surface area contributed by atoms with Crippen LogP contribution in [0.25, 0.3) is 0 Å². The maximum atomic E-state index is 13.3. The molecule has 0 aromatic heterocycles.